The zero-order valence-electron chi connectivity index (χ0n) is 15.5. The minimum Gasteiger partial charge on any atom is -0.462 e. The molecule has 0 aromatic rings. The van der Waals surface area contributed by atoms with Gasteiger partial charge in [0.15, 0.2) is 0 Å². The summed E-state index contributed by atoms with van der Waals surface area (Å²) in [6.07, 6.45) is 7.40. The van der Waals surface area contributed by atoms with Crippen LogP contribution in [0.4, 0.5) is 0 Å². The summed E-state index contributed by atoms with van der Waals surface area (Å²) in [6.45, 7) is 10.3. The standard InChI is InChI=1S/C19H33NO3/c1-6-16(21)23-15-12-18(2,3)20(19(4,5)13-15)17(22)14-10-8-7-9-11-14/h14-15H,6-13H2,1-5H3. The molecule has 1 aliphatic heterocycles. The molecular weight excluding hydrogens is 290 g/mol. The highest BCUT2D eigenvalue weighted by molar-refractivity contribution is 5.80. The van der Waals surface area contributed by atoms with E-state index in [4.69, 9.17) is 4.74 Å². The first-order valence-electron chi connectivity index (χ1n) is 9.21. The number of amides is 1. The van der Waals surface area contributed by atoms with Gasteiger partial charge in [-0.2, -0.15) is 0 Å². The van der Waals surface area contributed by atoms with Crippen LogP contribution in [0.3, 0.4) is 0 Å². The lowest BCUT2D eigenvalue weighted by atomic mass is 9.76. The van der Waals surface area contributed by atoms with Crippen LogP contribution in [-0.4, -0.2) is 34.0 Å². The molecule has 1 amide bonds. The summed E-state index contributed by atoms with van der Waals surface area (Å²) in [7, 11) is 0. The molecular formula is C19H33NO3. The molecule has 0 unspecified atom stereocenters. The lowest BCUT2D eigenvalue weighted by Crippen LogP contribution is -2.65. The molecule has 2 fully saturated rings. The third-order valence-corrected chi connectivity index (χ3v) is 5.43. The van der Waals surface area contributed by atoms with Crippen molar-refractivity contribution in [1.82, 2.24) is 4.90 Å². The van der Waals surface area contributed by atoms with E-state index in [1.54, 1.807) is 0 Å². The molecule has 132 valence electrons. The number of piperidine rings is 1. The van der Waals surface area contributed by atoms with E-state index in [2.05, 4.69) is 32.6 Å². The molecule has 0 atom stereocenters. The smallest absolute Gasteiger partial charge is 0.305 e. The molecule has 0 aromatic carbocycles. The molecule has 0 aromatic heterocycles. The lowest BCUT2D eigenvalue weighted by molar-refractivity contribution is -0.170. The number of carbonyl (C=O) groups excluding carboxylic acids is 2. The number of nitrogens with zero attached hydrogens (tertiary/aromatic N) is 1. The van der Waals surface area contributed by atoms with Crippen LogP contribution < -0.4 is 0 Å². The molecule has 4 nitrogen and oxygen atoms in total. The fraction of sp³-hybridized carbons (Fsp3) is 0.895. The van der Waals surface area contributed by atoms with E-state index in [0.717, 1.165) is 25.7 Å². The van der Waals surface area contributed by atoms with Crippen molar-refractivity contribution >= 4 is 11.9 Å². The van der Waals surface area contributed by atoms with Gasteiger partial charge in [0.2, 0.25) is 5.91 Å². The number of carbonyl (C=O) groups is 2. The maximum absolute atomic E-state index is 13.2. The summed E-state index contributed by atoms with van der Waals surface area (Å²) in [5.74, 6) is 0.339. The van der Waals surface area contributed by atoms with Gasteiger partial charge in [0.05, 0.1) is 0 Å². The van der Waals surface area contributed by atoms with Crippen molar-refractivity contribution in [1.29, 1.82) is 0 Å². The maximum atomic E-state index is 13.2. The van der Waals surface area contributed by atoms with Crippen molar-refractivity contribution in [2.75, 3.05) is 0 Å². The molecule has 1 heterocycles. The van der Waals surface area contributed by atoms with E-state index in [1.165, 1.54) is 19.3 Å². The summed E-state index contributed by atoms with van der Waals surface area (Å²) >= 11 is 0. The average Bonchev–Trinajstić information content (AvgIpc) is 2.45. The molecule has 2 rings (SSSR count). The topological polar surface area (TPSA) is 46.6 Å². The van der Waals surface area contributed by atoms with E-state index in [1.807, 2.05) is 6.92 Å². The molecule has 0 spiro atoms. The zero-order valence-corrected chi connectivity index (χ0v) is 15.5. The number of hydrogen-bond acceptors (Lipinski definition) is 3. The van der Waals surface area contributed by atoms with Gasteiger partial charge >= 0.3 is 5.97 Å². The van der Waals surface area contributed by atoms with Gasteiger partial charge in [0.1, 0.15) is 6.10 Å². The van der Waals surface area contributed by atoms with Crippen LogP contribution in [0.1, 0.15) is 86.0 Å². The van der Waals surface area contributed by atoms with E-state index in [0.29, 0.717) is 12.3 Å². The van der Waals surface area contributed by atoms with Crippen LogP contribution >= 0.6 is 0 Å². The summed E-state index contributed by atoms with van der Waals surface area (Å²) < 4.78 is 5.61. The first-order chi connectivity index (χ1) is 10.7. The number of hydrogen-bond donors (Lipinski definition) is 0. The highest BCUT2D eigenvalue weighted by Crippen LogP contribution is 2.42. The van der Waals surface area contributed by atoms with Crippen molar-refractivity contribution in [2.24, 2.45) is 5.92 Å². The van der Waals surface area contributed by atoms with E-state index < -0.39 is 0 Å². The SMILES string of the molecule is CCC(=O)OC1CC(C)(C)N(C(=O)C2CCCCC2)C(C)(C)C1. The predicted octanol–water partition coefficient (Wildman–Crippen LogP) is 4.07. The molecule has 23 heavy (non-hydrogen) atoms. The second-order valence-electron chi connectivity index (χ2n) is 8.51. The fourth-order valence-corrected chi connectivity index (χ4v) is 4.67. The molecule has 1 saturated carbocycles. The lowest BCUT2D eigenvalue weighted by Gasteiger charge is -2.55. The summed E-state index contributed by atoms with van der Waals surface area (Å²) in [5.41, 5.74) is -0.566. The van der Waals surface area contributed by atoms with Crippen LogP contribution in [0.5, 0.6) is 0 Å². The molecule has 2 aliphatic rings. The predicted molar refractivity (Wildman–Crippen MR) is 91.0 cm³/mol. The Bertz CT molecular complexity index is 432. The van der Waals surface area contributed by atoms with Crippen molar-refractivity contribution in [3.05, 3.63) is 0 Å². The molecule has 0 radical (unpaired) electrons. The maximum Gasteiger partial charge on any atom is 0.305 e. The second kappa shape index (κ2) is 6.82. The van der Waals surface area contributed by atoms with Gasteiger partial charge in [0.25, 0.3) is 0 Å². The Balaban J connectivity index is 2.16. The van der Waals surface area contributed by atoms with Crippen LogP contribution in [0.2, 0.25) is 0 Å². The first kappa shape index (κ1) is 18.3. The van der Waals surface area contributed by atoms with Gasteiger partial charge in [0, 0.05) is 36.3 Å². The van der Waals surface area contributed by atoms with Gasteiger partial charge in [-0.1, -0.05) is 26.2 Å². The normalized spacial score (nSPS) is 25.2. The minimum absolute atomic E-state index is 0.0946. The Hall–Kier alpha value is -1.06. The van der Waals surface area contributed by atoms with Gasteiger partial charge in [-0.15, -0.1) is 0 Å². The van der Waals surface area contributed by atoms with E-state index in [9.17, 15) is 9.59 Å². The van der Waals surface area contributed by atoms with Crippen LogP contribution in [0.25, 0.3) is 0 Å². The number of rotatable bonds is 3. The second-order valence-corrected chi connectivity index (χ2v) is 8.51. The van der Waals surface area contributed by atoms with Crippen LogP contribution in [-0.2, 0) is 14.3 Å². The van der Waals surface area contributed by atoms with Gasteiger partial charge in [-0.25, -0.2) is 0 Å². The Morgan fingerprint density at radius 3 is 2.00 bits per heavy atom. The Kier molecular flexibility index (Phi) is 5.42. The van der Waals surface area contributed by atoms with Crippen molar-refractivity contribution in [2.45, 2.75) is 103 Å². The van der Waals surface area contributed by atoms with Crippen LogP contribution in [0.15, 0.2) is 0 Å². The van der Waals surface area contributed by atoms with E-state index in [-0.39, 0.29) is 29.1 Å². The molecule has 1 aliphatic carbocycles. The summed E-state index contributed by atoms with van der Waals surface area (Å²) in [6, 6.07) is 0. The van der Waals surface area contributed by atoms with Crippen molar-refractivity contribution in [3.8, 4) is 0 Å². The third kappa shape index (κ3) is 4.07. The number of likely N-dealkylation sites (tertiary alicyclic amines) is 1. The molecule has 1 saturated heterocycles. The number of ether oxygens (including phenoxy) is 1. The summed E-state index contributed by atoms with van der Waals surface area (Å²) in [4.78, 5) is 27.0. The minimum atomic E-state index is -0.283. The van der Waals surface area contributed by atoms with Crippen molar-refractivity contribution in [3.63, 3.8) is 0 Å². The zero-order chi connectivity index (χ0) is 17.3. The Morgan fingerprint density at radius 1 is 1.00 bits per heavy atom. The molecule has 0 bridgehead atoms. The van der Waals surface area contributed by atoms with E-state index >= 15 is 0 Å². The third-order valence-electron chi connectivity index (χ3n) is 5.43. The Labute approximate surface area is 140 Å². The average molecular weight is 323 g/mol. The van der Waals surface area contributed by atoms with Gasteiger partial charge in [-0.05, 0) is 40.5 Å². The quantitative estimate of drug-likeness (QED) is 0.736. The molecule has 0 N–H and O–H groups in total. The summed E-state index contributed by atoms with van der Waals surface area (Å²) in [5, 5.41) is 0. The highest BCUT2D eigenvalue weighted by Gasteiger charge is 2.50. The Morgan fingerprint density at radius 2 is 1.52 bits per heavy atom. The monoisotopic (exact) mass is 323 g/mol. The van der Waals surface area contributed by atoms with Gasteiger partial charge < -0.3 is 9.64 Å². The highest BCUT2D eigenvalue weighted by atomic mass is 16.5. The fourth-order valence-electron chi connectivity index (χ4n) is 4.67. The largest absolute Gasteiger partial charge is 0.462 e. The van der Waals surface area contributed by atoms with Crippen molar-refractivity contribution < 1.29 is 14.3 Å². The van der Waals surface area contributed by atoms with Crippen LogP contribution in [0, 0.1) is 5.92 Å². The van der Waals surface area contributed by atoms with Gasteiger partial charge in [-0.3, -0.25) is 9.59 Å². The molecule has 4 heteroatoms. The number of esters is 1. The first-order valence-corrected chi connectivity index (χ1v) is 9.21.